The van der Waals surface area contributed by atoms with Crippen molar-refractivity contribution in [2.45, 2.75) is 69.7 Å². The third-order valence-electron chi connectivity index (χ3n) is 6.98. The Morgan fingerprint density at radius 1 is 0.789 bits per heavy atom. The Morgan fingerprint density at radius 2 is 1.34 bits per heavy atom. The minimum absolute atomic E-state index is 0.192. The second-order valence-corrected chi connectivity index (χ2v) is 15.5. The van der Waals surface area contributed by atoms with Crippen molar-refractivity contribution in [3.8, 4) is 0 Å². The summed E-state index contributed by atoms with van der Waals surface area (Å²) in [6.07, 6.45) is -1.80. The first-order valence-electron chi connectivity index (χ1n) is 13.4. The minimum Gasteiger partial charge on any atom is -0.410 e. The van der Waals surface area contributed by atoms with Gasteiger partial charge in [0.25, 0.3) is 0 Å². The van der Waals surface area contributed by atoms with E-state index in [4.69, 9.17) is 23.4 Å². The number of hydrogen-bond donors (Lipinski definition) is 0. The molecule has 0 radical (unpaired) electrons. The first-order valence-corrected chi connectivity index (χ1v) is 16.8. The fourth-order valence-corrected chi connectivity index (χ4v) is 6.45. The SMILES string of the molecule is CO[C@H]1O[C@@H]2CO[C@@H](c3ccccc3)O[C@H]2[C@H](O[Si](C)(C)C)[C@H]1N(Cc1ccccc1)Cc1ccccc1. The van der Waals surface area contributed by atoms with Crippen molar-refractivity contribution < 1.29 is 23.4 Å². The smallest absolute Gasteiger partial charge is 0.184 e. The van der Waals surface area contributed by atoms with Crippen LogP contribution in [-0.4, -0.2) is 57.6 Å². The van der Waals surface area contributed by atoms with Gasteiger partial charge in [-0.15, -0.1) is 0 Å². The lowest BCUT2D eigenvalue weighted by molar-refractivity contribution is -0.349. The fourth-order valence-electron chi connectivity index (χ4n) is 5.36. The Labute approximate surface area is 227 Å². The van der Waals surface area contributed by atoms with Crippen LogP contribution in [0, 0.1) is 0 Å². The van der Waals surface area contributed by atoms with Gasteiger partial charge in [0.05, 0.1) is 18.8 Å². The maximum atomic E-state index is 6.99. The normalized spacial score (nSPS) is 27.7. The van der Waals surface area contributed by atoms with Crippen molar-refractivity contribution in [2.75, 3.05) is 13.7 Å². The highest BCUT2D eigenvalue weighted by atomic mass is 28.4. The molecule has 38 heavy (non-hydrogen) atoms. The molecule has 7 heteroatoms. The maximum absolute atomic E-state index is 6.99. The van der Waals surface area contributed by atoms with Gasteiger partial charge in [-0.2, -0.15) is 0 Å². The molecule has 0 aromatic heterocycles. The van der Waals surface area contributed by atoms with Crippen LogP contribution in [-0.2, 0) is 36.5 Å². The molecule has 202 valence electrons. The number of rotatable bonds is 9. The summed E-state index contributed by atoms with van der Waals surface area (Å²) >= 11 is 0. The molecule has 0 unspecified atom stereocenters. The van der Waals surface area contributed by atoms with Crippen LogP contribution in [0.3, 0.4) is 0 Å². The van der Waals surface area contributed by atoms with Gasteiger partial charge in [-0.1, -0.05) is 91.0 Å². The molecule has 6 nitrogen and oxygen atoms in total. The summed E-state index contributed by atoms with van der Waals surface area (Å²) in [5, 5.41) is 0. The molecule has 0 aliphatic carbocycles. The van der Waals surface area contributed by atoms with Crippen LogP contribution in [0.4, 0.5) is 0 Å². The lowest BCUT2D eigenvalue weighted by Gasteiger charge is -2.53. The average Bonchev–Trinajstić information content (AvgIpc) is 2.93. The Balaban J connectivity index is 1.52. The van der Waals surface area contributed by atoms with Crippen LogP contribution in [0.15, 0.2) is 91.0 Å². The molecule has 0 amide bonds. The number of ether oxygens (including phenoxy) is 4. The van der Waals surface area contributed by atoms with E-state index in [2.05, 4.69) is 73.1 Å². The van der Waals surface area contributed by atoms with Crippen molar-refractivity contribution in [3.05, 3.63) is 108 Å². The molecule has 3 aromatic rings. The molecular weight excluding hydrogens is 494 g/mol. The van der Waals surface area contributed by atoms with E-state index in [0.29, 0.717) is 6.61 Å². The number of methoxy groups -OCH3 is 1. The summed E-state index contributed by atoms with van der Waals surface area (Å²) in [5.41, 5.74) is 3.44. The van der Waals surface area contributed by atoms with Gasteiger partial charge in [0.1, 0.15) is 12.2 Å². The van der Waals surface area contributed by atoms with Crippen LogP contribution in [0.5, 0.6) is 0 Å². The van der Waals surface area contributed by atoms with Gasteiger partial charge in [0.15, 0.2) is 20.9 Å². The monoisotopic (exact) mass is 533 g/mol. The topological polar surface area (TPSA) is 49.4 Å². The summed E-state index contributed by atoms with van der Waals surface area (Å²) in [4.78, 5) is 2.43. The van der Waals surface area contributed by atoms with Crippen LogP contribution < -0.4 is 0 Å². The number of benzene rings is 3. The Morgan fingerprint density at radius 3 is 1.87 bits per heavy atom. The number of hydrogen-bond acceptors (Lipinski definition) is 6. The summed E-state index contributed by atoms with van der Waals surface area (Å²) in [6.45, 7) is 8.55. The zero-order valence-corrected chi connectivity index (χ0v) is 23.7. The maximum Gasteiger partial charge on any atom is 0.184 e. The molecule has 2 heterocycles. The summed E-state index contributed by atoms with van der Waals surface area (Å²) in [6, 6.07) is 31.0. The van der Waals surface area contributed by atoms with E-state index in [9.17, 15) is 0 Å². The van der Waals surface area contributed by atoms with E-state index in [-0.39, 0.29) is 24.4 Å². The van der Waals surface area contributed by atoms with Crippen molar-refractivity contribution in [1.82, 2.24) is 4.90 Å². The third-order valence-corrected chi connectivity index (χ3v) is 7.96. The highest BCUT2D eigenvalue weighted by Gasteiger charge is 2.53. The van der Waals surface area contributed by atoms with E-state index < -0.39 is 20.9 Å². The Kier molecular flexibility index (Phi) is 8.75. The molecule has 0 N–H and O–H groups in total. The minimum atomic E-state index is -1.99. The van der Waals surface area contributed by atoms with E-state index in [0.717, 1.165) is 18.7 Å². The van der Waals surface area contributed by atoms with Gasteiger partial charge in [-0.25, -0.2) is 0 Å². The van der Waals surface area contributed by atoms with Crippen LogP contribution in [0.1, 0.15) is 23.0 Å². The molecule has 3 aromatic carbocycles. The predicted molar refractivity (Wildman–Crippen MR) is 150 cm³/mol. The van der Waals surface area contributed by atoms with E-state index >= 15 is 0 Å². The first kappa shape index (κ1) is 27.2. The molecular formula is C31H39NO5Si. The average molecular weight is 534 g/mol. The lowest BCUT2D eigenvalue weighted by atomic mass is 9.93. The zero-order valence-electron chi connectivity index (χ0n) is 22.7. The van der Waals surface area contributed by atoms with Gasteiger partial charge in [0.2, 0.25) is 0 Å². The molecule has 0 spiro atoms. The summed E-state index contributed by atoms with van der Waals surface area (Å²) in [5.74, 6) is 0. The molecule has 0 saturated carbocycles. The van der Waals surface area contributed by atoms with E-state index in [1.54, 1.807) is 7.11 Å². The lowest BCUT2D eigenvalue weighted by Crippen LogP contribution is -2.68. The number of nitrogens with zero attached hydrogens (tertiary/aromatic N) is 1. The summed E-state index contributed by atoms with van der Waals surface area (Å²) in [7, 11) is -0.283. The fraction of sp³-hybridized carbons (Fsp3) is 0.419. The van der Waals surface area contributed by atoms with Gasteiger partial charge < -0.3 is 23.4 Å². The first-order chi connectivity index (χ1) is 18.4. The van der Waals surface area contributed by atoms with Crippen molar-refractivity contribution in [2.24, 2.45) is 0 Å². The third kappa shape index (κ3) is 6.61. The van der Waals surface area contributed by atoms with Gasteiger partial charge in [-0.05, 0) is 30.8 Å². The molecule has 2 aliphatic rings. The zero-order chi connectivity index (χ0) is 26.5. The Hall–Kier alpha value is -2.36. The van der Waals surface area contributed by atoms with Crippen molar-refractivity contribution in [3.63, 3.8) is 0 Å². The molecule has 0 bridgehead atoms. The predicted octanol–water partition coefficient (Wildman–Crippen LogP) is 5.76. The van der Waals surface area contributed by atoms with E-state index in [1.165, 1.54) is 11.1 Å². The Bertz CT molecular complexity index is 1090. The second-order valence-electron chi connectivity index (χ2n) is 11.0. The molecule has 2 fully saturated rings. The quantitative estimate of drug-likeness (QED) is 0.326. The van der Waals surface area contributed by atoms with Gasteiger partial charge in [0, 0.05) is 25.8 Å². The van der Waals surface area contributed by atoms with Crippen molar-refractivity contribution >= 4 is 8.32 Å². The van der Waals surface area contributed by atoms with Crippen LogP contribution >= 0.6 is 0 Å². The second kappa shape index (κ2) is 12.2. The van der Waals surface area contributed by atoms with Gasteiger partial charge in [-0.3, -0.25) is 4.90 Å². The summed E-state index contributed by atoms with van der Waals surface area (Å²) < 4.78 is 32.4. The molecule has 6 atom stereocenters. The van der Waals surface area contributed by atoms with Gasteiger partial charge >= 0.3 is 0 Å². The standard InChI is InChI=1S/C31H39NO5Si/c1-33-31-27(32(20-23-14-8-5-9-15-23)21-24-16-10-6-11-17-24)29(37-38(2,3)4)28-26(35-31)22-34-30(36-28)25-18-12-7-13-19-25/h5-19,26-31H,20-22H2,1-4H3/t26-,27-,28-,29-,30-,31+/m1/s1. The highest BCUT2D eigenvalue weighted by Crippen LogP contribution is 2.39. The molecule has 2 saturated heterocycles. The van der Waals surface area contributed by atoms with Crippen LogP contribution in [0.2, 0.25) is 19.6 Å². The van der Waals surface area contributed by atoms with E-state index in [1.807, 2.05) is 42.5 Å². The molecule has 5 rings (SSSR count). The molecule has 2 aliphatic heterocycles. The largest absolute Gasteiger partial charge is 0.410 e. The number of fused-ring (bicyclic) bond motifs is 1. The van der Waals surface area contributed by atoms with Crippen molar-refractivity contribution in [1.29, 1.82) is 0 Å². The van der Waals surface area contributed by atoms with Crippen LogP contribution in [0.25, 0.3) is 0 Å². The highest BCUT2D eigenvalue weighted by molar-refractivity contribution is 6.69.